The fourth-order valence-corrected chi connectivity index (χ4v) is 2.21. The molecule has 0 spiro atoms. The average molecular weight is 302 g/mol. The van der Waals surface area contributed by atoms with E-state index in [2.05, 4.69) is 21.2 Å². The number of hydrogen-bond acceptors (Lipinski definition) is 2. The second-order valence-corrected chi connectivity index (χ2v) is 5.30. The lowest BCUT2D eigenvalue weighted by molar-refractivity contribution is 0.0888. The summed E-state index contributed by atoms with van der Waals surface area (Å²) >= 11 is 3.24. The Balaban J connectivity index is 2.17. The van der Waals surface area contributed by atoms with E-state index in [0.717, 1.165) is 6.42 Å². The zero-order valence-corrected chi connectivity index (χ0v) is 11.0. The van der Waals surface area contributed by atoms with Gasteiger partial charge in [0.1, 0.15) is 5.82 Å². The second-order valence-electron chi connectivity index (χ2n) is 4.44. The molecule has 1 amide bonds. The molecule has 0 aliphatic carbocycles. The van der Waals surface area contributed by atoms with E-state index < -0.39 is 5.82 Å². The molecule has 1 fully saturated rings. The van der Waals surface area contributed by atoms with E-state index in [9.17, 15) is 9.18 Å². The van der Waals surface area contributed by atoms with Crippen molar-refractivity contribution in [2.45, 2.75) is 18.9 Å². The summed E-state index contributed by atoms with van der Waals surface area (Å²) in [5.41, 5.74) is -0.0545. The first-order chi connectivity index (χ1) is 8.00. The minimum absolute atomic E-state index is 0.288. The van der Waals surface area contributed by atoms with Crippen LogP contribution in [0.15, 0.2) is 22.7 Å². The molecule has 1 atom stereocenters. The van der Waals surface area contributed by atoms with Crippen LogP contribution in [0.4, 0.5) is 4.39 Å². The average Bonchev–Trinajstić information content (AvgIpc) is 2.68. The van der Waals surface area contributed by atoms with Crippen LogP contribution >= 0.6 is 15.9 Å². The monoisotopic (exact) mass is 301 g/mol. The van der Waals surface area contributed by atoms with Crippen molar-refractivity contribution in [3.63, 3.8) is 0 Å². The Morgan fingerprint density at radius 2 is 2.35 bits per heavy atom. The van der Waals surface area contributed by atoms with E-state index in [0.29, 0.717) is 23.2 Å². The molecule has 92 valence electrons. The molecule has 1 aliphatic heterocycles. The smallest absolute Gasteiger partial charge is 0.253 e. The Labute approximate surface area is 107 Å². The molecule has 1 heterocycles. The summed E-state index contributed by atoms with van der Waals surface area (Å²) in [5, 5.41) is 2.88. The minimum Gasteiger partial charge on any atom is -0.379 e. The van der Waals surface area contributed by atoms with Crippen molar-refractivity contribution in [3.05, 3.63) is 34.1 Å². The number of benzene rings is 1. The summed E-state index contributed by atoms with van der Waals surface area (Å²) in [6, 6.07) is 4.05. The lowest BCUT2D eigenvalue weighted by atomic mass is 10.0. The first-order valence-corrected chi connectivity index (χ1v) is 6.15. The highest BCUT2D eigenvalue weighted by atomic mass is 79.9. The molecule has 5 heteroatoms. The summed E-state index contributed by atoms with van der Waals surface area (Å²) < 4.78 is 18.9. The van der Waals surface area contributed by atoms with Gasteiger partial charge >= 0.3 is 0 Å². The van der Waals surface area contributed by atoms with Gasteiger partial charge in [0, 0.05) is 11.1 Å². The van der Waals surface area contributed by atoms with E-state index in [-0.39, 0.29) is 11.4 Å². The zero-order valence-electron chi connectivity index (χ0n) is 9.43. The van der Waals surface area contributed by atoms with Gasteiger partial charge in [-0.05, 0) is 47.5 Å². The number of amides is 1. The van der Waals surface area contributed by atoms with Gasteiger partial charge < -0.3 is 10.1 Å². The van der Waals surface area contributed by atoms with E-state index in [1.54, 1.807) is 0 Å². The molecule has 1 aromatic rings. The maximum Gasteiger partial charge on any atom is 0.253 e. The van der Waals surface area contributed by atoms with Crippen LogP contribution in [-0.4, -0.2) is 24.7 Å². The Bertz CT molecular complexity index is 444. The number of halogens is 2. The van der Waals surface area contributed by atoms with Crippen LogP contribution in [-0.2, 0) is 4.74 Å². The Morgan fingerprint density at radius 3 is 3.00 bits per heavy atom. The van der Waals surface area contributed by atoms with Gasteiger partial charge in [-0.3, -0.25) is 4.79 Å². The molecule has 1 aromatic carbocycles. The molecule has 0 radical (unpaired) electrons. The van der Waals surface area contributed by atoms with Gasteiger partial charge in [-0.1, -0.05) is 0 Å². The second kappa shape index (κ2) is 4.74. The van der Waals surface area contributed by atoms with E-state index >= 15 is 0 Å². The molecule has 2 rings (SSSR count). The maximum atomic E-state index is 13.1. The van der Waals surface area contributed by atoms with Crippen LogP contribution in [0.1, 0.15) is 23.7 Å². The number of rotatable bonds is 2. The summed E-state index contributed by atoms with van der Waals surface area (Å²) in [6.07, 6.45) is 0.770. The van der Waals surface area contributed by atoms with Crippen LogP contribution in [0.3, 0.4) is 0 Å². The lowest BCUT2D eigenvalue weighted by Gasteiger charge is -2.23. The van der Waals surface area contributed by atoms with Crippen LogP contribution in [0, 0.1) is 5.82 Å². The molecule has 0 aromatic heterocycles. The predicted octanol–water partition coefficient (Wildman–Crippen LogP) is 2.50. The van der Waals surface area contributed by atoms with Gasteiger partial charge in [-0.15, -0.1) is 0 Å². The summed E-state index contributed by atoms with van der Waals surface area (Å²) in [7, 11) is 0. The molecule has 0 bridgehead atoms. The highest BCUT2D eigenvalue weighted by molar-refractivity contribution is 9.10. The molecular weight excluding hydrogens is 289 g/mol. The van der Waals surface area contributed by atoms with Crippen molar-refractivity contribution in [2.75, 3.05) is 13.2 Å². The van der Waals surface area contributed by atoms with E-state index in [1.807, 2.05) is 6.92 Å². The summed E-state index contributed by atoms with van der Waals surface area (Å²) in [6.45, 7) is 3.05. The topological polar surface area (TPSA) is 38.3 Å². The molecule has 3 nitrogen and oxygen atoms in total. The fraction of sp³-hybridized carbons (Fsp3) is 0.417. The van der Waals surface area contributed by atoms with Gasteiger partial charge in [0.15, 0.2) is 0 Å². The van der Waals surface area contributed by atoms with Crippen molar-refractivity contribution in [1.29, 1.82) is 0 Å². The van der Waals surface area contributed by atoms with Gasteiger partial charge in [-0.25, -0.2) is 4.39 Å². The third-order valence-corrected chi connectivity index (χ3v) is 3.50. The van der Waals surface area contributed by atoms with Crippen LogP contribution in [0.2, 0.25) is 0 Å². The molecule has 1 unspecified atom stereocenters. The maximum absolute atomic E-state index is 13.1. The first kappa shape index (κ1) is 12.5. The van der Waals surface area contributed by atoms with E-state index in [1.165, 1.54) is 18.2 Å². The van der Waals surface area contributed by atoms with Crippen molar-refractivity contribution >= 4 is 21.8 Å². The predicted molar refractivity (Wildman–Crippen MR) is 65.4 cm³/mol. The fourth-order valence-electron chi connectivity index (χ4n) is 1.78. The Hall–Kier alpha value is -0.940. The molecule has 1 N–H and O–H groups in total. The molecule has 17 heavy (non-hydrogen) atoms. The number of carbonyl (C=O) groups is 1. The number of carbonyl (C=O) groups excluding carboxylic acids is 1. The van der Waals surface area contributed by atoms with Gasteiger partial charge in [0.2, 0.25) is 0 Å². The van der Waals surface area contributed by atoms with Crippen molar-refractivity contribution in [3.8, 4) is 0 Å². The zero-order chi connectivity index (χ0) is 12.5. The Morgan fingerprint density at radius 1 is 1.59 bits per heavy atom. The van der Waals surface area contributed by atoms with E-state index in [4.69, 9.17) is 4.74 Å². The molecule has 0 saturated carbocycles. The summed E-state index contributed by atoms with van der Waals surface area (Å²) in [5.74, 6) is -0.712. The van der Waals surface area contributed by atoms with Crippen molar-refractivity contribution in [2.24, 2.45) is 0 Å². The van der Waals surface area contributed by atoms with Gasteiger partial charge in [0.25, 0.3) is 5.91 Å². The summed E-state index contributed by atoms with van der Waals surface area (Å²) in [4.78, 5) is 12.0. The molecule has 1 saturated heterocycles. The highest BCUT2D eigenvalue weighted by Gasteiger charge is 2.31. The standard InChI is InChI=1S/C12H13BrFNO2/c1-12(4-5-17-7-12)15-11(16)9-6-8(14)2-3-10(9)13/h2-3,6H,4-5,7H2,1H3,(H,15,16). The molecular formula is C12H13BrFNO2. The van der Waals surface area contributed by atoms with Crippen molar-refractivity contribution in [1.82, 2.24) is 5.32 Å². The van der Waals surface area contributed by atoms with Gasteiger partial charge in [-0.2, -0.15) is 0 Å². The largest absolute Gasteiger partial charge is 0.379 e. The molecule has 1 aliphatic rings. The van der Waals surface area contributed by atoms with Crippen LogP contribution < -0.4 is 5.32 Å². The van der Waals surface area contributed by atoms with Gasteiger partial charge in [0.05, 0.1) is 17.7 Å². The number of hydrogen-bond donors (Lipinski definition) is 1. The Kier molecular flexibility index (Phi) is 3.49. The third kappa shape index (κ3) is 2.84. The number of nitrogens with one attached hydrogen (secondary N) is 1. The van der Waals surface area contributed by atoms with Crippen LogP contribution in [0.5, 0.6) is 0 Å². The van der Waals surface area contributed by atoms with Crippen molar-refractivity contribution < 1.29 is 13.9 Å². The highest BCUT2D eigenvalue weighted by Crippen LogP contribution is 2.21. The normalized spacial score (nSPS) is 23.7. The lowest BCUT2D eigenvalue weighted by Crippen LogP contribution is -2.46. The first-order valence-electron chi connectivity index (χ1n) is 5.35. The minimum atomic E-state index is -0.425. The quantitative estimate of drug-likeness (QED) is 0.911. The third-order valence-electron chi connectivity index (χ3n) is 2.81. The SMILES string of the molecule is CC1(NC(=O)c2cc(F)ccc2Br)CCOC1. The van der Waals surface area contributed by atoms with Crippen LogP contribution in [0.25, 0.3) is 0 Å². The number of ether oxygens (including phenoxy) is 1.